The topological polar surface area (TPSA) is 9.86 Å². The van der Waals surface area contributed by atoms with Crippen molar-refractivity contribution in [1.82, 2.24) is 9.13 Å². The first kappa shape index (κ1) is 29.5. The Hall–Kier alpha value is -3.61. The van der Waals surface area contributed by atoms with Crippen LogP contribution in [0.1, 0.15) is 36.8 Å². The molecule has 43 heavy (non-hydrogen) atoms. The summed E-state index contributed by atoms with van der Waals surface area (Å²) in [5.41, 5.74) is 0.751. The van der Waals surface area contributed by atoms with Gasteiger partial charge in [-0.25, -0.2) is 0 Å². The number of aromatic nitrogens is 2. The standard InChI is InChI=1S/2C13H12F2N.2C5H5.Ti/c2*14-12-6-5-11(13(15)10-12)4-3-9-16-7-1-2-8-16;2*1-2-4-5-3-1;/h2*1-2,5-8H,3-4,9H2;2*1-3H,4H2;. The number of hydrogen-bond donors (Lipinski definition) is 0. The zero-order chi connectivity index (χ0) is 29.8. The van der Waals surface area contributed by atoms with E-state index in [1.807, 2.05) is 94.6 Å². The molecule has 0 N–H and O–H groups in total. The summed E-state index contributed by atoms with van der Waals surface area (Å²) in [5, 5.41) is 0. The molecule has 0 fully saturated rings. The Kier molecular flexibility index (Phi) is 8.87. The molecule has 0 saturated heterocycles. The number of halogens is 4. The second-order valence-electron chi connectivity index (χ2n) is 11.2. The Labute approximate surface area is 253 Å². The van der Waals surface area contributed by atoms with Crippen LogP contribution < -0.4 is 7.74 Å². The zero-order valence-corrected chi connectivity index (χ0v) is 25.5. The summed E-state index contributed by atoms with van der Waals surface area (Å²) in [4.78, 5) is 0. The maximum absolute atomic E-state index is 16.9. The van der Waals surface area contributed by atoms with Gasteiger partial charge in [-0.1, -0.05) is 0 Å². The van der Waals surface area contributed by atoms with E-state index in [1.165, 1.54) is 24.3 Å². The van der Waals surface area contributed by atoms with Crippen LogP contribution in [-0.2, 0) is 42.5 Å². The second kappa shape index (κ2) is 12.9. The van der Waals surface area contributed by atoms with Gasteiger partial charge in [-0.2, -0.15) is 0 Å². The predicted molar refractivity (Wildman–Crippen MR) is 161 cm³/mol. The third kappa shape index (κ3) is 5.71. The van der Waals surface area contributed by atoms with Crippen LogP contribution in [-0.4, -0.2) is 9.13 Å². The molecule has 0 saturated carbocycles. The molecule has 0 amide bonds. The third-order valence-corrected chi connectivity index (χ3v) is 16.6. The number of nitrogens with zero attached hydrogens (tertiary/aromatic N) is 2. The summed E-state index contributed by atoms with van der Waals surface area (Å²) < 4.78 is 71.5. The van der Waals surface area contributed by atoms with Gasteiger partial charge in [-0.05, 0) is 0 Å². The number of hydrogen-bond acceptors (Lipinski definition) is 0. The molecule has 2 aromatic carbocycles. The van der Waals surface area contributed by atoms with Crippen LogP contribution in [0.5, 0.6) is 0 Å². The van der Waals surface area contributed by atoms with Gasteiger partial charge in [0.25, 0.3) is 0 Å². The van der Waals surface area contributed by atoms with E-state index in [9.17, 15) is 0 Å². The molecule has 0 bridgehead atoms. The fraction of sp³-hybridized carbons (Fsp3) is 0.222. The van der Waals surface area contributed by atoms with Crippen LogP contribution in [0.4, 0.5) is 17.6 Å². The van der Waals surface area contributed by atoms with Crippen LogP contribution in [0.3, 0.4) is 0 Å². The van der Waals surface area contributed by atoms with Crippen molar-refractivity contribution in [3.05, 3.63) is 152 Å². The van der Waals surface area contributed by atoms with Gasteiger partial charge in [0.1, 0.15) is 0 Å². The first-order chi connectivity index (χ1) is 21.0. The van der Waals surface area contributed by atoms with Crippen molar-refractivity contribution in [1.29, 1.82) is 0 Å². The van der Waals surface area contributed by atoms with E-state index in [1.54, 1.807) is 0 Å². The van der Waals surface area contributed by atoms with Crippen molar-refractivity contribution >= 4 is 7.74 Å². The summed E-state index contributed by atoms with van der Waals surface area (Å²) in [6.45, 7) is 1.37. The Morgan fingerprint density at radius 3 is 1.37 bits per heavy atom. The van der Waals surface area contributed by atoms with E-state index >= 15 is 17.6 Å². The molecule has 2 aliphatic rings. The molecule has 4 aromatic rings. The molecule has 2 aliphatic carbocycles. The van der Waals surface area contributed by atoms with Gasteiger partial charge < -0.3 is 0 Å². The van der Waals surface area contributed by atoms with E-state index in [4.69, 9.17) is 0 Å². The summed E-state index contributed by atoms with van der Waals surface area (Å²) in [6.07, 6.45) is 21.8. The van der Waals surface area contributed by atoms with E-state index in [2.05, 4.69) is 0 Å². The normalized spacial score (nSPS) is 14.5. The molecule has 0 atom stereocenters. The van der Waals surface area contributed by atoms with E-state index in [-0.39, 0.29) is 7.74 Å². The number of allylic oxidation sites excluding steroid dienone is 8. The van der Waals surface area contributed by atoms with Gasteiger partial charge in [0.15, 0.2) is 0 Å². The minimum absolute atomic E-state index is 0.120. The van der Waals surface area contributed by atoms with Crippen molar-refractivity contribution < 1.29 is 34.2 Å². The molecule has 0 radical (unpaired) electrons. The fourth-order valence-corrected chi connectivity index (χ4v) is 15.0. The minimum atomic E-state index is -4.80. The van der Waals surface area contributed by atoms with Crippen LogP contribution in [0, 0.1) is 23.3 Å². The van der Waals surface area contributed by atoms with Crippen molar-refractivity contribution in [2.24, 2.45) is 0 Å². The number of aryl methyl sites for hydroxylation is 4. The molecule has 0 spiro atoms. The SMILES string of the molecule is Fc1ccc(CCCn2cccc2)c(F)[c]1[Ti]([C]1=CC=CC1)([C]1=CC=CC1)[c]1c(F)ccc(CCCn2cccc2)c1F. The van der Waals surface area contributed by atoms with Crippen LogP contribution >= 0.6 is 0 Å². The summed E-state index contributed by atoms with van der Waals surface area (Å²) >= 11 is -4.80. The van der Waals surface area contributed by atoms with Crippen LogP contribution in [0.15, 0.2) is 118 Å². The molecule has 2 heterocycles. The Balaban J connectivity index is 1.49. The molecule has 2 aromatic heterocycles. The van der Waals surface area contributed by atoms with Gasteiger partial charge in [-0.3, -0.25) is 0 Å². The van der Waals surface area contributed by atoms with E-state index in [0.29, 0.717) is 62.7 Å². The van der Waals surface area contributed by atoms with Crippen molar-refractivity contribution in [2.75, 3.05) is 0 Å². The van der Waals surface area contributed by atoms with Gasteiger partial charge in [0, 0.05) is 0 Å². The molecule has 6 rings (SSSR count). The zero-order valence-electron chi connectivity index (χ0n) is 24.0. The summed E-state index contributed by atoms with van der Waals surface area (Å²) in [5.74, 6) is -2.79. The van der Waals surface area contributed by atoms with Gasteiger partial charge in [-0.15, -0.1) is 0 Å². The van der Waals surface area contributed by atoms with Crippen molar-refractivity contribution in [3.8, 4) is 0 Å². The van der Waals surface area contributed by atoms with Crippen LogP contribution in [0.25, 0.3) is 0 Å². The quantitative estimate of drug-likeness (QED) is 0.113. The Morgan fingerprint density at radius 1 is 0.581 bits per heavy atom. The molecule has 7 heteroatoms. The Bertz CT molecular complexity index is 1580. The fourth-order valence-electron chi connectivity index (χ4n) is 6.63. The average Bonchev–Trinajstić information content (AvgIpc) is 3.83. The maximum atomic E-state index is 16.9. The van der Waals surface area contributed by atoms with E-state index in [0.717, 1.165) is 7.76 Å². The van der Waals surface area contributed by atoms with Crippen molar-refractivity contribution in [2.45, 2.75) is 51.6 Å². The van der Waals surface area contributed by atoms with Crippen LogP contribution in [0.2, 0.25) is 0 Å². The first-order valence-electron chi connectivity index (χ1n) is 14.9. The van der Waals surface area contributed by atoms with Gasteiger partial charge in [0.2, 0.25) is 0 Å². The molecular formula is C36H34F4N2Ti. The monoisotopic (exact) mass is 618 g/mol. The predicted octanol–water partition coefficient (Wildman–Crippen LogP) is 7.90. The summed E-state index contributed by atoms with van der Waals surface area (Å²) in [6, 6.07) is 13.3. The second-order valence-corrected chi connectivity index (χ2v) is 17.1. The van der Waals surface area contributed by atoms with Gasteiger partial charge in [0.05, 0.1) is 0 Å². The molecule has 0 aliphatic heterocycles. The number of rotatable bonds is 12. The molecule has 220 valence electrons. The van der Waals surface area contributed by atoms with Crippen molar-refractivity contribution in [3.63, 3.8) is 0 Å². The Morgan fingerprint density at radius 2 is 1.00 bits per heavy atom. The average molecular weight is 619 g/mol. The first-order valence-corrected chi connectivity index (χ1v) is 18.0. The van der Waals surface area contributed by atoms with Gasteiger partial charge >= 0.3 is 255 Å². The van der Waals surface area contributed by atoms with E-state index < -0.39 is 39.9 Å². The summed E-state index contributed by atoms with van der Waals surface area (Å²) in [7, 11) is 0. The molecule has 0 unspecified atom stereocenters. The molecular weight excluding hydrogens is 584 g/mol. The molecule has 2 nitrogen and oxygen atoms in total. The third-order valence-electron chi connectivity index (χ3n) is 8.66. The number of benzene rings is 2.